The van der Waals surface area contributed by atoms with Gasteiger partial charge >= 0.3 is 0 Å². The van der Waals surface area contributed by atoms with E-state index in [2.05, 4.69) is 237 Å². The number of benzene rings is 9. The molecule has 0 bridgehead atoms. The van der Waals surface area contributed by atoms with E-state index in [1.807, 2.05) is 11.8 Å². The van der Waals surface area contributed by atoms with Crippen molar-refractivity contribution in [2.24, 2.45) is 0 Å². The first-order chi connectivity index (χ1) is 32.3. The first kappa shape index (κ1) is 40.5. The lowest BCUT2D eigenvalue weighted by molar-refractivity contribution is 0.589. The van der Waals surface area contributed by atoms with Gasteiger partial charge in [0.1, 0.15) is 0 Å². The Hall–Kier alpha value is -7.01. The Morgan fingerprint density at radius 1 is 0.500 bits per heavy atom. The molecule has 2 aliphatic rings. The summed E-state index contributed by atoms with van der Waals surface area (Å²) in [5.41, 5.74) is 21.6. The van der Waals surface area contributed by atoms with Crippen LogP contribution in [0.25, 0.3) is 60.9 Å². The molecule has 3 heterocycles. The number of anilines is 3. The summed E-state index contributed by atoms with van der Waals surface area (Å²) in [6, 6.07) is 75.4. The molecule has 0 spiro atoms. The number of hydrogen-bond donors (Lipinski definition) is 0. The minimum Gasteiger partial charge on any atom is -0.310 e. The fraction of sp³-hybridized carbons (Fsp3) is 0.129. The summed E-state index contributed by atoms with van der Waals surface area (Å²) in [6.45, 7) is 9.45. The average Bonchev–Trinajstić information content (AvgIpc) is 3.70. The second kappa shape index (κ2) is 16.2. The maximum atomic E-state index is 2.71. The van der Waals surface area contributed by atoms with Crippen LogP contribution in [0.5, 0.6) is 0 Å². The van der Waals surface area contributed by atoms with Gasteiger partial charge in [-0.15, -0.1) is 0 Å². The molecule has 10 aromatic rings. The number of rotatable bonds is 8. The van der Waals surface area contributed by atoms with Crippen molar-refractivity contribution in [2.75, 3.05) is 4.90 Å². The lowest BCUT2D eigenvalue weighted by Crippen LogP contribution is -2.60. The molecule has 0 amide bonds. The van der Waals surface area contributed by atoms with E-state index in [1.54, 1.807) is 0 Å². The zero-order valence-corrected chi connectivity index (χ0v) is 38.9. The number of unbranched alkanes of at least 4 members (excludes halogenated alkanes) is 1. The first-order valence-electron chi connectivity index (χ1n) is 23.6. The van der Waals surface area contributed by atoms with Gasteiger partial charge in [-0.25, -0.2) is 0 Å². The zero-order chi connectivity index (χ0) is 44.5. The maximum absolute atomic E-state index is 2.71. The fourth-order valence-electron chi connectivity index (χ4n) is 10.7. The van der Waals surface area contributed by atoms with Crippen LogP contribution in [0.2, 0.25) is 0 Å². The van der Waals surface area contributed by atoms with Gasteiger partial charge in [-0.05, 0) is 123 Å². The quantitative estimate of drug-likeness (QED) is 0.141. The Labute approximate surface area is 393 Å². The number of para-hydroxylation sites is 2. The largest absolute Gasteiger partial charge is 0.310 e. The van der Waals surface area contributed by atoms with Crippen LogP contribution in [0.15, 0.2) is 210 Å². The third-order valence-corrected chi connectivity index (χ3v) is 15.1. The molecule has 0 atom stereocenters. The van der Waals surface area contributed by atoms with Crippen LogP contribution >= 0.6 is 11.8 Å². The van der Waals surface area contributed by atoms with Crippen molar-refractivity contribution in [2.45, 2.75) is 62.2 Å². The molecule has 0 fully saturated rings. The van der Waals surface area contributed by atoms with E-state index in [-0.39, 0.29) is 12.1 Å². The van der Waals surface area contributed by atoms with Gasteiger partial charge in [0, 0.05) is 43.2 Å². The Kier molecular flexibility index (Phi) is 9.91. The van der Waals surface area contributed by atoms with Crippen molar-refractivity contribution < 1.29 is 0 Å². The van der Waals surface area contributed by atoms with E-state index in [4.69, 9.17) is 0 Å². The molecule has 0 radical (unpaired) electrons. The summed E-state index contributed by atoms with van der Waals surface area (Å²) >= 11 is 1.95. The van der Waals surface area contributed by atoms with Crippen molar-refractivity contribution in [1.29, 1.82) is 0 Å². The molecule has 4 heteroatoms. The smallest absolute Gasteiger partial charge is 0.249 e. The first-order valence-corrected chi connectivity index (χ1v) is 24.4. The average molecular weight is 867 g/mol. The van der Waals surface area contributed by atoms with Crippen molar-refractivity contribution >= 4 is 73.7 Å². The minimum atomic E-state index is -0.0831. The highest BCUT2D eigenvalue weighted by Crippen LogP contribution is 2.50. The van der Waals surface area contributed by atoms with Crippen LogP contribution in [0.3, 0.4) is 0 Å². The molecule has 0 aliphatic carbocycles. The van der Waals surface area contributed by atoms with Crippen molar-refractivity contribution in [3.05, 3.63) is 211 Å². The van der Waals surface area contributed by atoms with E-state index in [0.717, 1.165) is 24.9 Å². The molecule has 0 saturated heterocycles. The topological polar surface area (TPSA) is 8.17 Å². The van der Waals surface area contributed by atoms with Crippen molar-refractivity contribution in [1.82, 2.24) is 4.57 Å². The van der Waals surface area contributed by atoms with E-state index in [1.165, 1.54) is 110 Å². The molecular weight excluding hydrogens is 816 g/mol. The predicted octanol–water partition coefficient (Wildman–Crippen LogP) is 15.2. The lowest BCUT2D eigenvalue weighted by atomic mass is 9.34. The van der Waals surface area contributed by atoms with Gasteiger partial charge in [0.25, 0.3) is 0 Å². The lowest BCUT2D eigenvalue weighted by Gasteiger charge is -2.43. The second-order valence-corrected chi connectivity index (χ2v) is 20.2. The summed E-state index contributed by atoms with van der Waals surface area (Å²) in [5, 5.41) is 2.53. The third-order valence-electron chi connectivity index (χ3n) is 14.0. The highest BCUT2D eigenvalue weighted by molar-refractivity contribution is 8.00. The van der Waals surface area contributed by atoms with Crippen LogP contribution in [0.4, 0.5) is 17.1 Å². The van der Waals surface area contributed by atoms with E-state index >= 15 is 0 Å². The zero-order valence-electron chi connectivity index (χ0n) is 38.1. The van der Waals surface area contributed by atoms with Gasteiger partial charge in [0.15, 0.2) is 0 Å². The van der Waals surface area contributed by atoms with Crippen molar-refractivity contribution in [3.8, 4) is 39.1 Å². The monoisotopic (exact) mass is 866 g/mol. The second-order valence-electron chi connectivity index (χ2n) is 19.1. The Balaban J connectivity index is 1.21. The van der Waals surface area contributed by atoms with E-state index in [0.29, 0.717) is 0 Å². The van der Waals surface area contributed by atoms with Gasteiger partial charge in [-0.2, -0.15) is 0 Å². The van der Waals surface area contributed by atoms with Crippen molar-refractivity contribution in [3.63, 3.8) is 0 Å². The van der Waals surface area contributed by atoms with Gasteiger partial charge in [0.2, 0.25) is 6.71 Å². The summed E-state index contributed by atoms with van der Waals surface area (Å²) < 4.78 is 2.49. The Bertz CT molecular complexity index is 3420. The summed E-state index contributed by atoms with van der Waals surface area (Å²) in [6.07, 6.45) is 3.17. The molecule has 2 aliphatic heterocycles. The number of hydrogen-bond acceptors (Lipinski definition) is 2. The van der Waals surface area contributed by atoms with Crippen LogP contribution in [0, 0.1) is 0 Å². The van der Waals surface area contributed by atoms with Crippen LogP contribution in [-0.2, 0) is 11.8 Å². The number of fused-ring (bicyclic) bond motifs is 7. The molecule has 66 heavy (non-hydrogen) atoms. The minimum absolute atomic E-state index is 0.0326. The highest BCUT2D eigenvalue weighted by Gasteiger charge is 2.43. The molecule has 318 valence electrons. The third kappa shape index (κ3) is 6.73. The molecule has 9 aromatic carbocycles. The standard InChI is InChI=1S/C62H51BN2S/c1-5-6-20-45-35-46(42-23-12-8-13-24-42)36-51(43-25-14-9-15-26-43)61(45)65-56-40-48(64-54-29-18-16-27-49(54)50-28-17-19-30-55(50)64)32-33-52(56)63-53-37-44(41-21-10-7-11-22-41)31-34-58(53)66-59-39-47(62(2,3)4)38-57(65)60(59)63/h7-19,21-40H,5-6,20H2,1-4H3. The van der Waals surface area contributed by atoms with Crippen LogP contribution in [0.1, 0.15) is 51.7 Å². The SMILES string of the molecule is CCCCc1cc(-c2ccccc2)cc(-c2ccccc2)c1N1c2cc(-n3c4ccccc4c4ccccc43)ccc2B2c3cc(-c4ccccc4)ccc3Sc3cc(C(C)(C)C)cc1c32. The van der Waals surface area contributed by atoms with Gasteiger partial charge < -0.3 is 9.47 Å². The number of aromatic nitrogens is 1. The molecule has 0 unspecified atom stereocenters. The van der Waals surface area contributed by atoms with E-state index in [9.17, 15) is 0 Å². The molecule has 0 N–H and O–H groups in total. The molecule has 0 saturated carbocycles. The predicted molar refractivity (Wildman–Crippen MR) is 284 cm³/mol. The van der Waals surface area contributed by atoms with Gasteiger partial charge in [0.05, 0.1) is 16.7 Å². The molecule has 2 nitrogen and oxygen atoms in total. The summed E-state index contributed by atoms with van der Waals surface area (Å²) in [4.78, 5) is 5.39. The van der Waals surface area contributed by atoms with Gasteiger partial charge in [-0.3, -0.25) is 0 Å². The van der Waals surface area contributed by atoms with E-state index < -0.39 is 0 Å². The molecule has 1 aromatic heterocycles. The summed E-state index contributed by atoms with van der Waals surface area (Å²) in [5.74, 6) is 0. The van der Waals surface area contributed by atoms with Crippen LogP contribution in [-0.4, -0.2) is 11.3 Å². The Morgan fingerprint density at radius 3 is 1.77 bits per heavy atom. The summed E-state index contributed by atoms with van der Waals surface area (Å²) in [7, 11) is 0. The number of nitrogens with zero attached hydrogens (tertiary/aromatic N) is 2. The molecular formula is C62H51BN2S. The van der Waals surface area contributed by atoms with Crippen LogP contribution < -0.4 is 21.3 Å². The normalized spacial score (nSPS) is 12.9. The highest BCUT2D eigenvalue weighted by atomic mass is 32.2. The Morgan fingerprint density at radius 2 is 1.12 bits per heavy atom. The number of aryl methyl sites for hydroxylation is 1. The van der Waals surface area contributed by atoms with Gasteiger partial charge in [-0.1, -0.05) is 197 Å². The molecule has 12 rings (SSSR count). The fourth-order valence-corrected chi connectivity index (χ4v) is 11.9. The maximum Gasteiger partial charge on any atom is 0.249 e.